The molecular formula is C14H18N2O5. The lowest BCUT2D eigenvalue weighted by atomic mass is 9.96. The summed E-state index contributed by atoms with van der Waals surface area (Å²) in [6.45, 7) is 3.39. The maximum absolute atomic E-state index is 11.0. The Balaban J connectivity index is 2.19. The molecule has 0 unspecified atom stereocenters. The summed E-state index contributed by atoms with van der Waals surface area (Å²) in [7, 11) is 0. The summed E-state index contributed by atoms with van der Waals surface area (Å²) in [5.74, 6) is -0.642. The molecule has 0 radical (unpaired) electrons. The van der Waals surface area contributed by atoms with Crippen LogP contribution in [0.1, 0.15) is 19.8 Å². The first-order valence-electron chi connectivity index (χ1n) is 6.91. The minimum Gasteiger partial charge on any atom is -0.494 e. The zero-order valence-corrected chi connectivity index (χ0v) is 11.8. The van der Waals surface area contributed by atoms with Gasteiger partial charge >= 0.3 is 5.97 Å². The molecule has 1 saturated heterocycles. The Morgan fingerprint density at radius 2 is 2.10 bits per heavy atom. The molecule has 0 saturated carbocycles. The predicted octanol–water partition coefficient (Wildman–Crippen LogP) is 2.29. The molecule has 1 aliphatic rings. The molecule has 0 bridgehead atoms. The third kappa shape index (κ3) is 3.62. The van der Waals surface area contributed by atoms with Gasteiger partial charge in [0.05, 0.1) is 23.5 Å². The summed E-state index contributed by atoms with van der Waals surface area (Å²) >= 11 is 0. The highest BCUT2D eigenvalue weighted by molar-refractivity contribution is 5.70. The van der Waals surface area contributed by atoms with Gasteiger partial charge in [-0.1, -0.05) is 0 Å². The van der Waals surface area contributed by atoms with E-state index in [1.54, 1.807) is 6.07 Å². The second-order valence-corrected chi connectivity index (χ2v) is 4.97. The van der Waals surface area contributed by atoms with E-state index < -0.39 is 10.9 Å². The summed E-state index contributed by atoms with van der Waals surface area (Å²) in [6.07, 6.45) is 1.09. The van der Waals surface area contributed by atoms with Crippen molar-refractivity contribution >= 4 is 17.3 Å². The number of hydrogen-bond acceptors (Lipinski definition) is 5. The summed E-state index contributed by atoms with van der Waals surface area (Å²) in [4.78, 5) is 23.5. The number of aliphatic carboxylic acids is 1. The fourth-order valence-corrected chi connectivity index (χ4v) is 2.49. The van der Waals surface area contributed by atoms with Gasteiger partial charge in [-0.25, -0.2) is 0 Å². The number of hydrogen-bond donors (Lipinski definition) is 1. The number of piperidine rings is 1. The van der Waals surface area contributed by atoms with E-state index in [0.717, 1.165) is 0 Å². The zero-order valence-electron chi connectivity index (χ0n) is 11.8. The molecule has 0 aliphatic carbocycles. The van der Waals surface area contributed by atoms with Crippen molar-refractivity contribution in [3.8, 4) is 5.75 Å². The van der Waals surface area contributed by atoms with E-state index in [1.807, 2.05) is 11.8 Å². The van der Waals surface area contributed by atoms with E-state index >= 15 is 0 Å². The molecule has 1 aromatic carbocycles. The third-order valence-corrected chi connectivity index (χ3v) is 3.61. The third-order valence-electron chi connectivity index (χ3n) is 3.61. The van der Waals surface area contributed by atoms with Crippen LogP contribution in [0.25, 0.3) is 0 Å². The SMILES string of the molecule is CCOc1cc(N2CCC(C(=O)O)CC2)cc([N+](=O)[O-])c1. The quantitative estimate of drug-likeness (QED) is 0.661. The minimum absolute atomic E-state index is 0.0173. The molecule has 7 nitrogen and oxygen atoms in total. The Kier molecular flexibility index (Phi) is 4.62. The van der Waals surface area contributed by atoms with Crippen LogP contribution >= 0.6 is 0 Å². The minimum atomic E-state index is -0.774. The van der Waals surface area contributed by atoms with Crippen LogP contribution in [-0.2, 0) is 4.79 Å². The van der Waals surface area contributed by atoms with Gasteiger partial charge in [0, 0.05) is 30.9 Å². The largest absolute Gasteiger partial charge is 0.494 e. The van der Waals surface area contributed by atoms with Crippen molar-refractivity contribution in [1.82, 2.24) is 0 Å². The van der Waals surface area contributed by atoms with Crippen molar-refractivity contribution in [2.75, 3.05) is 24.6 Å². The van der Waals surface area contributed by atoms with Gasteiger partial charge in [0.25, 0.3) is 5.69 Å². The Bertz CT molecular complexity index is 538. The molecule has 21 heavy (non-hydrogen) atoms. The van der Waals surface area contributed by atoms with Crippen LogP contribution in [0, 0.1) is 16.0 Å². The van der Waals surface area contributed by atoms with Gasteiger partial charge in [-0.15, -0.1) is 0 Å². The highest BCUT2D eigenvalue weighted by Gasteiger charge is 2.25. The normalized spacial score (nSPS) is 15.8. The van der Waals surface area contributed by atoms with Crippen molar-refractivity contribution in [2.24, 2.45) is 5.92 Å². The molecule has 2 rings (SSSR count). The Labute approximate surface area is 122 Å². The second-order valence-electron chi connectivity index (χ2n) is 4.97. The maximum Gasteiger partial charge on any atom is 0.306 e. The molecule has 1 aliphatic heterocycles. The lowest BCUT2D eigenvalue weighted by Crippen LogP contribution is -2.36. The van der Waals surface area contributed by atoms with Crippen LogP contribution in [0.2, 0.25) is 0 Å². The average Bonchev–Trinajstić information content (AvgIpc) is 2.47. The topological polar surface area (TPSA) is 92.9 Å². The summed E-state index contributed by atoms with van der Waals surface area (Å²) in [6, 6.07) is 4.66. The van der Waals surface area contributed by atoms with Crippen molar-refractivity contribution in [3.63, 3.8) is 0 Å². The zero-order chi connectivity index (χ0) is 15.4. The molecule has 0 amide bonds. The van der Waals surface area contributed by atoms with E-state index in [4.69, 9.17) is 9.84 Å². The molecule has 114 valence electrons. The predicted molar refractivity (Wildman–Crippen MR) is 76.8 cm³/mol. The van der Waals surface area contributed by atoms with Gasteiger partial charge in [0.2, 0.25) is 0 Å². The van der Waals surface area contributed by atoms with Crippen molar-refractivity contribution in [2.45, 2.75) is 19.8 Å². The average molecular weight is 294 g/mol. The van der Waals surface area contributed by atoms with Crippen LogP contribution in [0.4, 0.5) is 11.4 Å². The number of nitro benzene ring substituents is 1. The summed E-state index contributed by atoms with van der Waals surface area (Å²) in [5, 5.41) is 20.0. The van der Waals surface area contributed by atoms with Gasteiger partial charge in [0.1, 0.15) is 5.75 Å². The maximum atomic E-state index is 11.0. The van der Waals surface area contributed by atoms with Crippen LogP contribution < -0.4 is 9.64 Å². The monoisotopic (exact) mass is 294 g/mol. The second kappa shape index (κ2) is 6.43. The first-order valence-corrected chi connectivity index (χ1v) is 6.91. The Hall–Kier alpha value is -2.31. The van der Waals surface area contributed by atoms with Crippen LogP contribution in [0.5, 0.6) is 5.75 Å². The number of nitrogens with zero attached hydrogens (tertiary/aromatic N) is 2. The van der Waals surface area contributed by atoms with E-state index in [-0.39, 0.29) is 11.6 Å². The summed E-state index contributed by atoms with van der Waals surface area (Å²) < 4.78 is 5.36. The molecule has 0 spiro atoms. The van der Waals surface area contributed by atoms with Crippen LogP contribution in [-0.4, -0.2) is 35.7 Å². The Morgan fingerprint density at radius 3 is 2.62 bits per heavy atom. The molecule has 0 aromatic heterocycles. The standard InChI is InChI=1S/C14H18N2O5/c1-2-21-13-8-11(7-12(9-13)16(19)20)15-5-3-10(4-6-15)14(17)18/h7-10H,2-6H2,1H3,(H,17,18). The number of carboxylic acid groups (broad SMARTS) is 1. The lowest BCUT2D eigenvalue weighted by molar-refractivity contribution is -0.384. The molecule has 1 heterocycles. The van der Waals surface area contributed by atoms with Gasteiger partial charge in [0.15, 0.2) is 0 Å². The number of nitro groups is 1. The smallest absolute Gasteiger partial charge is 0.306 e. The van der Waals surface area contributed by atoms with Gasteiger partial charge < -0.3 is 14.7 Å². The highest BCUT2D eigenvalue weighted by Crippen LogP contribution is 2.31. The molecule has 0 atom stereocenters. The fraction of sp³-hybridized carbons (Fsp3) is 0.500. The molecule has 1 N–H and O–H groups in total. The number of benzene rings is 1. The molecule has 1 aromatic rings. The number of rotatable bonds is 5. The summed E-state index contributed by atoms with van der Waals surface area (Å²) in [5.41, 5.74) is 0.688. The van der Waals surface area contributed by atoms with Crippen LogP contribution in [0.3, 0.4) is 0 Å². The number of carbonyl (C=O) groups is 1. The number of anilines is 1. The van der Waals surface area contributed by atoms with Gasteiger partial charge in [-0.3, -0.25) is 14.9 Å². The Morgan fingerprint density at radius 1 is 1.43 bits per heavy atom. The number of carboxylic acids is 1. The lowest BCUT2D eigenvalue weighted by Gasteiger charge is -2.32. The first-order chi connectivity index (χ1) is 10.0. The number of ether oxygens (including phenoxy) is 1. The van der Waals surface area contributed by atoms with Crippen LogP contribution in [0.15, 0.2) is 18.2 Å². The van der Waals surface area contributed by atoms with E-state index in [9.17, 15) is 14.9 Å². The van der Waals surface area contributed by atoms with Crippen molar-refractivity contribution in [1.29, 1.82) is 0 Å². The fourth-order valence-electron chi connectivity index (χ4n) is 2.49. The molecular weight excluding hydrogens is 276 g/mol. The first kappa shape index (κ1) is 15.1. The highest BCUT2D eigenvalue weighted by atomic mass is 16.6. The number of non-ortho nitro benzene ring substituents is 1. The van der Waals surface area contributed by atoms with E-state index in [2.05, 4.69) is 0 Å². The van der Waals surface area contributed by atoms with Gasteiger partial charge in [-0.2, -0.15) is 0 Å². The van der Waals surface area contributed by atoms with Gasteiger partial charge in [-0.05, 0) is 19.8 Å². The van der Waals surface area contributed by atoms with Crippen molar-refractivity contribution in [3.05, 3.63) is 28.3 Å². The van der Waals surface area contributed by atoms with Crippen molar-refractivity contribution < 1.29 is 19.6 Å². The van der Waals surface area contributed by atoms with E-state index in [1.165, 1.54) is 12.1 Å². The van der Waals surface area contributed by atoms with E-state index in [0.29, 0.717) is 44.0 Å². The molecule has 7 heteroatoms. The molecule has 1 fully saturated rings.